The van der Waals surface area contributed by atoms with Crippen LogP contribution in [0.15, 0.2) is 78.9 Å². The predicted molar refractivity (Wildman–Crippen MR) is 192 cm³/mol. The number of amides is 2. The quantitative estimate of drug-likeness (QED) is 0.207. The molecule has 0 radical (unpaired) electrons. The zero-order valence-electron chi connectivity index (χ0n) is 28.3. The van der Waals surface area contributed by atoms with Crippen LogP contribution < -0.4 is 9.62 Å². The van der Waals surface area contributed by atoms with E-state index < -0.39 is 28.5 Å². The minimum atomic E-state index is -3.84. The second kappa shape index (κ2) is 14.2. The van der Waals surface area contributed by atoms with Crippen molar-refractivity contribution in [1.29, 1.82) is 0 Å². The van der Waals surface area contributed by atoms with Crippen LogP contribution >= 0.6 is 11.6 Å². The first kappa shape index (κ1) is 34.5. The summed E-state index contributed by atoms with van der Waals surface area (Å²) in [5.74, 6) is 1.67. The van der Waals surface area contributed by atoms with E-state index >= 15 is 0 Å². The highest BCUT2D eigenvalue weighted by atomic mass is 35.5. The lowest BCUT2D eigenvalue weighted by Gasteiger charge is -2.57. The number of hydrogen-bond acceptors (Lipinski definition) is 4. The Morgan fingerprint density at radius 3 is 2.00 bits per heavy atom. The lowest BCUT2D eigenvalue weighted by molar-refractivity contribution is -0.140. The first-order chi connectivity index (χ1) is 22.9. The molecule has 2 atom stereocenters. The summed E-state index contributed by atoms with van der Waals surface area (Å²) in [6, 6.07) is 23.7. The Balaban J connectivity index is 1.30. The smallest absolute Gasteiger partial charge is 0.244 e. The minimum Gasteiger partial charge on any atom is -0.352 e. The molecule has 0 saturated heterocycles. The largest absolute Gasteiger partial charge is 0.352 e. The van der Waals surface area contributed by atoms with Crippen molar-refractivity contribution < 1.29 is 18.0 Å². The second-order valence-corrected chi connectivity index (χ2v) is 17.0. The third-order valence-corrected chi connectivity index (χ3v) is 12.4. The summed E-state index contributed by atoms with van der Waals surface area (Å²) in [5.41, 5.74) is 3.61. The fraction of sp³-hybridized carbons (Fsp3) is 0.487. The van der Waals surface area contributed by atoms with E-state index in [-0.39, 0.29) is 30.3 Å². The second-order valence-electron chi connectivity index (χ2n) is 14.7. The molecule has 48 heavy (non-hydrogen) atoms. The molecule has 0 aliphatic heterocycles. The summed E-state index contributed by atoms with van der Waals surface area (Å²) >= 11 is 6.17. The molecule has 4 bridgehead atoms. The maximum atomic E-state index is 14.4. The number of rotatable bonds is 13. The summed E-state index contributed by atoms with van der Waals surface area (Å²) in [6.07, 6.45) is 9.86. The van der Waals surface area contributed by atoms with Crippen molar-refractivity contribution in [1.82, 2.24) is 10.2 Å². The number of carbonyl (C=O) groups is 2. The maximum Gasteiger partial charge on any atom is 0.244 e. The molecule has 0 unspecified atom stereocenters. The van der Waals surface area contributed by atoms with Crippen LogP contribution in [0.25, 0.3) is 0 Å². The number of sulfonamides is 1. The standard InChI is InChI=1S/C39H48ClN3O4S/c1-4-27(2)41-38(45)36(21-28-8-6-5-7-9-28)42(25-29-10-14-34(40)15-11-29)37(44)26-43(48(3,46)47)35-16-12-33(13-17-35)39-22-30-18-31(23-39)20-32(19-30)24-39/h5-17,27,30-32,36H,4,18-26H2,1-3H3,(H,41,45)/t27-,30?,31?,32?,36-,39?/m0/s1. The van der Waals surface area contributed by atoms with E-state index in [4.69, 9.17) is 11.6 Å². The number of carbonyl (C=O) groups excluding carboxylic acids is 2. The van der Waals surface area contributed by atoms with Gasteiger partial charge in [-0.05, 0) is 116 Å². The summed E-state index contributed by atoms with van der Waals surface area (Å²) in [5, 5.41) is 3.63. The number of hydrogen-bond donors (Lipinski definition) is 1. The Labute approximate surface area is 291 Å². The average molecular weight is 690 g/mol. The topological polar surface area (TPSA) is 86.8 Å². The highest BCUT2D eigenvalue weighted by Crippen LogP contribution is 2.60. The molecule has 256 valence electrons. The van der Waals surface area contributed by atoms with E-state index in [9.17, 15) is 18.0 Å². The van der Waals surface area contributed by atoms with Gasteiger partial charge in [0.1, 0.15) is 12.6 Å². The highest BCUT2D eigenvalue weighted by Gasteiger charge is 2.51. The number of halogens is 1. The lowest BCUT2D eigenvalue weighted by Crippen LogP contribution is -2.54. The number of anilines is 1. The first-order valence-corrected chi connectivity index (χ1v) is 19.6. The minimum absolute atomic E-state index is 0.0942. The van der Waals surface area contributed by atoms with Gasteiger partial charge in [-0.2, -0.15) is 0 Å². The normalized spacial score (nSPS) is 24.1. The Hall–Kier alpha value is -3.36. The summed E-state index contributed by atoms with van der Waals surface area (Å²) in [7, 11) is -3.84. The van der Waals surface area contributed by atoms with E-state index in [1.807, 2.05) is 68.4 Å². The fourth-order valence-electron chi connectivity index (χ4n) is 8.84. The molecule has 0 spiro atoms. The van der Waals surface area contributed by atoms with Crippen molar-refractivity contribution in [2.75, 3.05) is 17.1 Å². The average Bonchev–Trinajstić information content (AvgIpc) is 3.05. The SMILES string of the molecule is CC[C@H](C)NC(=O)[C@H](Cc1ccccc1)N(Cc1ccc(Cl)cc1)C(=O)CN(c1ccc(C23CC4CC(CC(C4)C2)C3)cc1)S(C)(=O)=O. The molecule has 4 aliphatic rings. The molecule has 3 aromatic carbocycles. The Morgan fingerprint density at radius 2 is 1.46 bits per heavy atom. The van der Waals surface area contributed by atoms with Crippen molar-refractivity contribution in [3.05, 3.63) is 101 Å². The number of benzene rings is 3. The third-order valence-electron chi connectivity index (χ3n) is 11.0. The van der Waals surface area contributed by atoms with Crippen molar-refractivity contribution in [2.24, 2.45) is 17.8 Å². The van der Waals surface area contributed by atoms with Crippen molar-refractivity contribution in [3.8, 4) is 0 Å². The van der Waals surface area contributed by atoms with Crippen molar-refractivity contribution in [2.45, 2.75) is 89.3 Å². The van der Waals surface area contributed by atoms with Crippen molar-refractivity contribution in [3.63, 3.8) is 0 Å². The molecule has 0 heterocycles. The van der Waals surface area contributed by atoms with Crippen LogP contribution in [-0.2, 0) is 38.0 Å². The van der Waals surface area contributed by atoms with Crippen LogP contribution in [-0.4, -0.2) is 50.0 Å². The zero-order valence-corrected chi connectivity index (χ0v) is 29.8. The zero-order chi connectivity index (χ0) is 34.1. The van der Waals surface area contributed by atoms with Crippen LogP contribution in [0.5, 0.6) is 0 Å². The molecule has 4 fully saturated rings. The Kier molecular flexibility index (Phi) is 10.2. The van der Waals surface area contributed by atoms with Crippen LogP contribution in [0.1, 0.15) is 75.5 Å². The van der Waals surface area contributed by atoms with Gasteiger partial charge >= 0.3 is 0 Å². The molecular weight excluding hydrogens is 642 g/mol. The van der Waals surface area contributed by atoms with Crippen LogP contribution in [0.4, 0.5) is 5.69 Å². The number of nitrogens with one attached hydrogen (secondary N) is 1. The molecule has 3 aromatic rings. The monoisotopic (exact) mass is 689 g/mol. The van der Waals surface area contributed by atoms with Gasteiger partial charge in [-0.3, -0.25) is 13.9 Å². The van der Waals surface area contributed by atoms with Gasteiger partial charge in [0.2, 0.25) is 21.8 Å². The van der Waals surface area contributed by atoms with Gasteiger partial charge in [0.15, 0.2) is 0 Å². The molecule has 4 saturated carbocycles. The van der Waals surface area contributed by atoms with Gasteiger partial charge in [0.25, 0.3) is 0 Å². The van der Waals surface area contributed by atoms with Crippen LogP contribution in [0.2, 0.25) is 5.02 Å². The third kappa shape index (κ3) is 7.76. The molecule has 1 N–H and O–H groups in total. The van der Waals surface area contributed by atoms with Gasteiger partial charge < -0.3 is 10.2 Å². The van der Waals surface area contributed by atoms with Gasteiger partial charge in [0, 0.05) is 24.0 Å². The van der Waals surface area contributed by atoms with E-state index in [0.29, 0.717) is 10.7 Å². The van der Waals surface area contributed by atoms with E-state index in [0.717, 1.165) is 41.6 Å². The lowest BCUT2D eigenvalue weighted by atomic mass is 9.48. The Bertz CT molecular complexity index is 1660. The fourth-order valence-corrected chi connectivity index (χ4v) is 9.82. The highest BCUT2D eigenvalue weighted by molar-refractivity contribution is 7.92. The molecule has 0 aromatic heterocycles. The van der Waals surface area contributed by atoms with E-state index in [1.54, 1.807) is 12.1 Å². The van der Waals surface area contributed by atoms with Crippen LogP contribution in [0, 0.1) is 17.8 Å². The summed E-state index contributed by atoms with van der Waals surface area (Å²) in [4.78, 5) is 29.9. The molecule has 7 nitrogen and oxygen atoms in total. The molecule has 7 rings (SSSR count). The van der Waals surface area contributed by atoms with Crippen molar-refractivity contribution >= 4 is 39.1 Å². The van der Waals surface area contributed by atoms with E-state index in [2.05, 4.69) is 17.4 Å². The Morgan fingerprint density at radius 1 is 0.875 bits per heavy atom. The maximum absolute atomic E-state index is 14.4. The predicted octanol–water partition coefficient (Wildman–Crippen LogP) is 7.13. The van der Waals surface area contributed by atoms with Gasteiger partial charge in [-0.1, -0.05) is 73.1 Å². The van der Waals surface area contributed by atoms with Gasteiger partial charge in [-0.25, -0.2) is 8.42 Å². The van der Waals surface area contributed by atoms with Gasteiger partial charge in [0.05, 0.1) is 11.9 Å². The van der Waals surface area contributed by atoms with Crippen LogP contribution in [0.3, 0.4) is 0 Å². The molecule has 4 aliphatic carbocycles. The first-order valence-electron chi connectivity index (χ1n) is 17.4. The van der Waals surface area contributed by atoms with E-state index in [1.165, 1.54) is 53.3 Å². The molecule has 2 amide bonds. The summed E-state index contributed by atoms with van der Waals surface area (Å²) < 4.78 is 27.8. The summed E-state index contributed by atoms with van der Waals surface area (Å²) in [6.45, 7) is 3.61. The van der Waals surface area contributed by atoms with Gasteiger partial charge in [-0.15, -0.1) is 0 Å². The molecular formula is C39H48ClN3O4S. The number of nitrogens with zero attached hydrogens (tertiary/aromatic N) is 2. The molecule has 9 heteroatoms.